The van der Waals surface area contributed by atoms with Gasteiger partial charge >= 0.3 is 0 Å². The summed E-state index contributed by atoms with van der Waals surface area (Å²) in [6.45, 7) is 0.698. The van der Waals surface area contributed by atoms with E-state index in [1.165, 1.54) is 12.7 Å². The van der Waals surface area contributed by atoms with Crippen molar-refractivity contribution in [2.24, 2.45) is 0 Å². The standard InChI is InChI=1S/C14H23NO4S/c1-18-11-12-20(16,17)15-10-4-3-5-13-6-8-14(19-2)9-7-13/h6-9,15H,3-5,10-12H2,1-2H3. The lowest BCUT2D eigenvalue weighted by molar-refractivity contribution is 0.217. The first-order valence-corrected chi connectivity index (χ1v) is 8.32. The molecule has 6 heteroatoms. The molecular formula is C14H23NO4S. The van der Waals surface area contributed by atoms with E-state index in [0.717, 1.165) is 25.0 Å². The van der Waals surface area contributed by atoms with Gasteiger partial charge in [0.05, 0.1) is 19.5 Å². The molecule has 0 bridgehead atoms. The third-order valence-electron chi connectivity index (χ3n) is 2.93. The first kappa shape index (κ1) is 16.9. The lowest BCUT2D eigenvalue weighted by Crippen LogP contribution is -2.29. The van der Waals surface area contributed by atoms with Crippen molar-refractivity contribution in [1.82, 2.24) is 4.72 Å². The van der Waals surface area contributed by atoms with E-state index in [9.17, 15) is 8.42 Å². The topological polar surface area (TPSA) is 64.6 Å². The number of sulfonamides is 1. The molecule has 0 spiro atoms. The van der Waals surface area contributed by atoms with Crippen LogP contribution in [0.25, 0.3) is 0 Å². The molecule has 0 aliphatic heterocycles. The number of methoxy groups -OCH3 is 2. The average Bonchev–Trinajstić information content (AvgIpc) is 2.45. The van der Waals surface area contributed by atoms with Crippen LogP contribution in [0.15, 0.2) is 24.3 Å². The predicted octanol–water partition coefficient (Wildman–Crippen LogP) is 1.58. The summed E-state index contributed by atoms with van der Waals surface area (Å²) < 4.78 is 35.4. The van der Waals surface area contributed by atoms with E-state index in [4.69, 9.17) is 9.47 Å². The van der Waals surface area contributed by atoms with Gasteiger partial charge in [-0.1, -0.05) is 12.1 Å². The molecule has 0 amide bonds. The minimum atomic E-state index is -3.19. The van der Waals surface area contributed by atoms with E-state index >= 15 is 0 Å². The predicted molar refractivity (Wildman–Crippen MR) is 79.6 cm³/mol. The number of hydrogen-bond acceptors (Lipinski definition) is 4. The lowest BCUT2D eigenvalue weighted by Gasteiger charge is -2.06. The second kappa shape index (κ2) is 8.94. The van der Waals surface area contributed by atoms with Crippen LogP contribution in [0.3, 0.4) is 0 Å². The lowest BCUT2D eigenvalue weighted by atomic mass is 10.1. The van der Waals surface area contributed by atoms with E-state index in [1.54, 1.807) is 7.11 Å². The highest BCUT2D eigenvalue weighted by Crippen LogP contribution is 2.12. The number of nitrogens with one attached hydrogen (secondary N) is 1. The van der Waals surface area contributed by atoms with Gasteiger partial charge in [0, 0.05) is 13.7 Å². The van der Waals surface area contributed by atoms with E-state index < -0.39 is 10.0 Å². The first-order chi connectivity index (χ1) is 9.57. The maximum Gasteiger partial charge on any atom is 0.213 e. The van der Waals surface area contributed by atoms with Gasteiger partial charge in [0.1, 0.15) is 5.75 Å². The van der Waals surface area contributed by atoms with Gasteiger partial charge in [-0.25, -0.2) is 13.1 Å². The van der Waals surface area contributed by atoms with Crippen LogP contribution >= 0.6 is 0 Å². The highest BCUT2D eigenvalue weighted by atomic mass is 32.2. The Kier molecular flexibility index (Phi) is 7.58. The Morgan fingerprint density at radius 2 is 1.80 bits per heavy atom. The molecule has 0 radical (unpaired) electrons. The monoisotopic (exact) mass is 301 g/mol. The Labute approximate surface area is 121 Å². The molecule has 0 saturated carbocycles. The van der Waals surface area contributed by atoms with Gasteiger partial charge in [-0.15, -0.1) is 0 Å². The van der Waals surface area contributed by atoms with Gasteiger partial charge in [-0.05, 0) is 37.0 Å². The fraction of sp³-hybridized carbons (Fsp3) is 0.571. The Bertz CT molecular complexity index is 470. The molecule has 0 atom stereocenters. The van der Waals surface area contributed by atoms with Crippen LogP contribution in [-0.4, -0.2) is 41.5 Å². The zero-order valence-corrected chi connectivity index (χ0v) is 12.9. The third kappa shape index (κ3) is 6.88. The number of hydrogen-bond donors (Lipinski definition) is 1. The van der Waals surface area contributed by atoms with Gasteiger partial charge in [0.2, 0.25) is 10.0 Å². The molecule has 0 saturated heterocycles. The number of rotatable bonds is 10. The van der Waals surface area contributed by atoms with Crippen molar-refractivity contribution in [3.63, 3.8) is 0 Å². The molecule has 1 rings (SSSR count). The van der Waals surface area contributed by atoms with Crippen LogP contribution in [0.4, 0.5) is 0 Å². The van der Waals surface area contributed by atoms with Crippen molar-refractivity contribution >= 4 is 10.0 Å². The molecular weight excluding hydrogens is 278 g/mol. The van der Waals surface area contributed by atoms with E-state index in [0.29, 0.717) is 6.54 Å². The maximum atomic E-state index is 11.5. The molecule has 0 aromatic heterocycles. The summed E-state index contributed by atoms with van der Waals surface area (Å²) in [4.78, 5) is 0. The van der Waals surface area contributed by atoms with Gasteiger partial charge in [-0.3, -0.25) is 0 Å². The first-order valence-electron chi connectivity index (χ1n) is 6.66. The molecule has 0 aliphatic rings. The van der Waals surface area contributed by atoms with E-state index in [1.807, 2.05) is 24.3 Å². The van der Waals surface area contributed by atoms with E-state index in [2.05, 4.69) is 4.72 Å². The van der Waals surface area contributed by atoms with Gasteiger partial charge in [-0.2, -0.15) is 0 Å². The molecule has 1 aromatic carbocycles. The Balaban J connectivity index is 2.18. The Morgan fingerprint density at radius 1 is 1.10 bits per heavy atom. The van der Waals surface area contributed by atoms with Crippen LogP contribution in [0.2, 0.25) is 0 Å². The smallest absolute Gasteiger partial charge is 0.213 e. The van der Waals surface area contributed by atoms with Crippen molar-refractivity contribution < 1.29 is 17.9 Å². The average molecular weight is 301 g/mol. The second-order valence-corrected chi connectivity index (χ2v) is 6.44. The van der Waals surface area contributed by atoms with Crippen LogP contribution in [-0.2, 0) is 21.2 Å². The molecule has 5 nitrogen and oxygen atoms in total. The summed E-state index contributed by atoms with van der Waals surface area (Å²) in [6, 6.07) is 7.93. The molecule has 0 unspecified atom stereocenters. The third-order valence-corrected chi connectivity index (χ3v) is 4.28. The van der Waals surface area contributed by atoms with Crippen LogP contribution in [0.5, 0.6) is 5.75 Å². The summed E-state index contributed by atoms with van der Waals surface area (Å²) in [6.07, 6.45) is 2.70. The molecule has 1 N–H and O–H groups in total. The van der Waals surface area contributed by atoms with E-state index in [-0.39, 0.29) is 12.4 Å². The number of benzene rings is 1. The summed E-state index contributed by atoms with van der Waals surface area (Å²) in [7, 11) is -0.0554. The highest BCUT2D eigenvalue weighted by molar-refractivity contribution is 7.89. The highest BCUT2D eigenvalue weighted by Gasteiger charge is 2.08. The molecule has 114 valence electrons. The quantitative estimate of drug-likeness (QED) is 0.667. The maximum absolute atomic E-state index is 11.5. The summed E-state index contributed by atoms with van der Waals surface area (Å²) in [5.74, 6) is 0.863. The molecule has 0 fully saturated rings. The normalized spacial score (nSPS) is 11.5. The number of aryl methyl sites for hydroxylation is 1. The number of unbranched alkanes of at least 4 members (excludes halogenated alkanes) is 1. The zero-order valence-electron chi connectivity index (χ0n) is 12.1. The van der Waals surface area contributed by atoms with Crippen molar-refractivity contribution in [1.29, 1.82) is 0 Å². The SMILES string of the molecule is COCCS(=O)(=O)NCCCCc1ccc(OC)cc1. The molecule has 0 aliphatic carbocycles. The van der Waals surface area contributed by atoms with Crippen molar-refractivity contribution in [2.45, 2.75) is 19.3 Å². The molecule has 0 heterocycles. The van der Waals surface area contributed by atoms with Crippen molar-refractivity contribution in [3.05, 3.63) is 29.8 Å². The van der Waals surface area contributed by atoms with Crippen LogP contribution < -0.4 is 9.46 Å². The van der Waals surface area contributed by atoms with Gasteiger partial charge in [0.15, 0.2) is 0 Å². The van der Waals surface area contributed by atoms with Crippen molar-refractivity contribution in [3.8, 4) is 5.75 Å². The minimum Gasteiger partial charge on any atom is -0.497 e. The largest absolute Gasteiger partial charge is 0.497 e. The molecule has 1 aromatic rings. The Morgan fingerprint density at radius 3 is 2.40 bits per heavy atom. The van der Waals surface area contributed by atoms with Gasteiger partial charge in [0.25, 0.3) is 0 Å². The number of ether oxygens (including phenoxy) is 2. The van der Waals surface area contributed by atoms with Gasteiger partial charge < -0.3 is 9.47 Å². The van der Waals surface area contributed by atoms with Crippen molar-refractivity contribution in [2.75, 3.05) is 33.1 Å². The minimum absolute atomic E-state index is 0.0159. The fourth-order valence-corrected chi connectivity index (χ4v) is 2.72. The van der Waals surface area contributed by atoms with Crippen LogP contribution in [0, 0.1) is 0 Å². The fourth-order valence-electron chi connectivity index (χ4n) is 1.74. The summed E-state index contributed by atoms with van der Waals surface area (Å²) >= 11 is 0. The summed E-state index contributed by atoms with van der Waals surface area (Å²) in [5, 5.41) is 0. The summed E-state index contributed by atoms with van der Waals surface area (Å²) in [5.41, 5.74) is 1.23. The zero-order chi connectivity index (χ0) is 14.8. The Hall–Kier alpha value is -1.11. The second-order valence-electron chi connectivity index (χ2n) is 4.51. The molecule has 20 heavy (non-hydrogen) atoms. The van der Waals surface area contributed by atoms with Crippen LogP contribution in [0.1, 0.15) is 18.4 Å².